The fraction of sp³-hybridized carbons (Fsp3) is 0.438. The lowest BCUT2D eigenvalue weighted by Crippen LogP contribution is -2.17. The average Bonchev–Trinajstić information content (AvgIpc) is 2.73. The summed E-state index contributed by atoms with van der Waals surface area (Å²) >= 11 is 0. The van der Waals surface area contributed by atoms with Crippen molar-refractivity contribution in [2.45, 2.75) is 13.5 Å². The van der Waals surface area contributed by atoms with Crippen molar-refractivity contribution in [2.75, 3.05) is 27.8 Å². The summed E-state index contributed by atoms with van der Waals surface area (Å²) < 4.78 is 26.7. The van der Waals surface area contributed by atoms with E-state index in [1.165, 1.54) is 7.11 Å². The Morgan fingerprint density at radius 3 is 2.52 bits per heavy atom. The van der Waals surface area contributed by atoms with Gasteiger partial charge < -0.3 is 18.9 Å². The largest absolute Gasteiger partial charge is 0.494 e. The summed E-state index contributed by atoms with van der Waals surface area (Å²) in [4.78, 5) is 14.3. The standard InChI is InChI=1S/C16H21FN2O3.ClH/c1-6-22-16(20)14-11(9-18(2)3)19(4)10-7-8-12(21-5)15(17)13(10)14;/h7-8H,6,9H2,1-5H3;1H. The molecule has 1 heterocycles. The number of aryl methyl sites for hydroxylation is 1. The summed E-state index contributed by atoms with van der Waals surface area (Å²) in [6.07, 6.45) is 0. The molecule has 0 spiro atoms. The van der Waals surface area contributed by atoms with E-state index in [9.17, 15) is 9.18 Å². The Kier molecular flexibility index (Phi) is 6.41. The fourth-order valence-corrected chi connectivity index (χ4v) is 2.59. The minimum atomic E-state index is -0.538. The number of carbonyl (C=O) groups is 1. The number of benzene rings is 1. The quantitative estimate of drug-likeness (QED) is 0.782. The van der Waals surface area contributed by atoms with Crippen LogP contribution in [0, 0.1) is 5.82 Å². The van der Waals surface area contributed by atoms with E-state index in [-0.39, 0.29) is 35.7 Å². The number of fused-ring (bicyclic) bond motifs is 1. The highest BCUT2D eigenvalue weighted by atomic mass is 35.5. The van der Waals surface area contributed by atoms with Gasteiger partial charge in [-0.1, -0.05) is 0 Å². The maximum absolute atomic E-state index is 14.7. The van der Waals surface area contributed by atoms with E-state index in [0.29, 0.717) is 17.8 Å². The van der Waals surface area contributed by atoms with E-state index < -0.39 is 11.8 Å². The van der Waals surface area contributed by atoms with Gasteiger partial charge in [0.2, 0.25) is 0 Å². The van der Waals surface area contributed by atoms with Gasteiger partial charge in [0.1, 0.15) is 0 Å². The zero-order valence-electron chi connectivity index (χ0n) is 14.0. The van der Waals surface area contributed by atoms with Gasteiger partial charge in [-0.3, -0.25) is 0 Å². The maximum atomic E-state index is 14.7. The minimum absolute atomic E-state index is 0. The maximum Gasteiger partial charge on any atom is 0.340 e. The van der Waals surface area contributed by atoms with E-state index in [2.05, 4.69) is 0 Å². The monoisotopic (exact) mass is 344 g/mol. The first-order valence-electron chi connectivity index (χ1n) is 7.07. The van der Waals surface area contributed by atoms with Crippen LogP contribution in [0.5, 0.6) is 5.75 Å². The fourth-order valence-electron chi connectivity index (χ4n) is 2.59. The van der Waals surface area contributed by atoms with E-state index in [0.717, 1.165) is 0 Å². The third-order valence-electron chi connectivity index (χ3n) is 3.55. The van der Waals surface area contributed by atoms with E-state index in [1.807, 2.05) is 30.6 Å². The normalized spacial score (nSPS) is 10.7. The molecule has 0 unspecified atom stereocenters. The molecule has 128 valence electrons. The van der Waals surface area contributed by atoms with Gasteiger partial charge in [-0.05, 0) is 33.2 Å². The van der Waals surface area contributed by atoms with Crippen LogP contribution >= 0.6 is 12.4 Å². The Morgan fingerprint density at radius 2 is 2.00 bits per heavy atom. The van der Waals surface area contributed by atoms with Crippen molar-refractivity contribution >= 4 is 29.3 Å². The van der Waals surface area contributed by atoms with Crippen LogP contribution in [-0.4, -0.2) is 43.2 Å². The lowest BCUT2D eigenvalue weighted by Gasteiger charge is -2.12. The second-order valence-electron chi connectivity index (χ2n) is 5.31. The number of hydrogen-bond donors (Lipinski definition) is 0. The number of ether oxygens (including phenoxy) is 2. The van der Waals surface area contributed by atoms with Crippen LogP contribution < -0.4 is 4.74 Å². The van der Waals surface area contributed by atoms with Crippen molar-refractivity contribution in [2.24, 2.45) is 7.05 Å². The first-order valence-corrected chi connectivity index (χ1v) is 7.07. The number of carbonyl (C=O) groups excluding carboxylic acids is 1. The molecule has 0 aliphatic rings. The highest BCUT2D eigenvalue weighted by molar-refractivity contribution is 6.06. The Morgan fingerprint density at radius 1 is 1.35 bits per heavy atom. The Labute approximate surface area is 141 Å². The minimum Gasteiger partial charge on any atom is -0.494 e. The van der Waals surface area contributed by atoms with Crippen molar-refractivity contribution in [1.82, 2.24) is 9.47 Å². The zero-order chi connectivity index (χ0) is 16.4. The van der Waals surface area contributed by atoms with Gasteiger partial charge in [0.25, 0.3) is 0 Å². The predicted molar refractivity (Wildman–Crippen MR) is 90.0 cm³/mol. The predicted octanol–water partition coefficient (Wildman–Crippen LogP) is 2.99. The lowest BCUT2D eigenvalue weighted by molar-refractivity contribution is 0.0526. The molecule has 0 amide bonds. The van der Waals surface area contributed by atoms with Crippen LogP contribution in [0.25, 0.3) is 10.9 Å². The van der Waals surface area contributed by atoms with Crippen LogP contribution in [0.1, 0.15) is 23.0 Å². The molecule has 1 aromatic carbocycles. The Balaban J connectivity index is 0.00000264. The summed E-state index contributed by atoms with van der Waals surface area (Å²) in [7, 11) is 7.00. The molecule has 0 saturated heterocycles. The number of nitrogens with zero attached hydrogens (tertiary/aromatic N) is 2. The van der Waals surface area contributed by atoms with Crippen LogP contribution in [0.3, 0.4) is 0 Å². The summed E-state index contributed by atoms with van der Waals surface area (Å²) in [6, 6.07) is 3.31. The molecule has 0 saturated carbocycles. The molecule has 0 aliphatic carbocycles. The van der Waals surface area contributed by atoms with Crippen molar-refractivity contribution in [3.63, 3.8) is 0 Å². The molecule has 1 aromatic heterocycles. The van der Waals surface area contributed by atoms with Crippen molar-refractivity contribution in [1.29, 1.82) is 0 Å². The summed E-state index contributed by atoms with van der Waals surface area (Å²) in [5, 5.41) is 0.247. The molecule has 7 heteroatoms. The molecule has 0 bridgehead atoms. The van der Waals surface area contributed by atoms with Gasteiger partial charge in [0.15, 0.2) is 11.6 Å². The molecule has 0 atom stereocenters. The number of rotatable bonds is 5. The highest BCUT2D eigenvalue weighted by Gasteiger charge is 2.26. The second-order valence-corrected chi connectivity index (χ2v) is 5.31. The van der Waals surface area contributed by atoms with Crippen LogP contribution in [-0.2, 0) is 18.3 Å². The topological polar surface area (TPSA) is 43.7 Å². The number of hydrogen-bond acceptors (Lipinski definition) is 4. The van der Waals surface area contributed by atoms with Gasteiger partial charge in [0, 0.05) is 19.3 Å². The van der Waals surface area contributed by atoms with Crippen LogP contribution in [0.2, 0.25) is 0 Å². The smallest absolute Gasteiger partial charge is 0.340 e. The first kappa shape index (κ1) is 19.3. The Hall–Kier alpha value is -1.79. The SMILES string of the molecule is CCOC(=O)c1c(CN(C)C)n(C)c2ccc(OC)c(F)c12.Cl. The third-order valence-corrected chi connectivity index (χ3v) is 3.55. The van der Waals surface area contributed by atoms with Gasteiger partial charge >= 0.3 is 5.97 Å². The number of esters is 1. The third kappa shape index (κ3) is 3.43. The molecule has 0 radical (unpaired) electrons. The zero-order valence-corrected chi connectivity index (χ0v) is 14.8. The van der Waals surface area contributed by atoms with Gasteiger partial charge in [0.05, 0.1) is 30.2 Å². The highest BCUT2D eigenvalue weighted by Crippen LogP contribution is 2.33. The van der Waals surface area contributed by atoms with E-state index in [4.69, 9.17) is 9.47 Å². The van der Waals surface area contributed by atoms with Crippen molar-refractivity contribution in [3.8, 4) is 5.75 Å². The first-order chi connectivity index (χ1) is 10.4. The molecule has 23 heavy (non-hydrogen) atoms. The second kappa shape index (κ2) is 7.66. The van der Waals surface area contributed by atoms with Gasteiger partial charge in [-0.2, -0.15) is 0 Å². The summed E-state index contributed by atoms with van der Waals surface area (Å²) in [5.74, 6) is -0.944. The van der Waals surface area contributed by atoms with Gasteiger partial charge in [-0.25, -0.2) is 9.18 Å². The molecule has 2 aromatic rings. The Bertz CT molecular complexity index is 713. The molecule has 2 rings (SSSR count). The van der Waals surface area contributed by atoms with Crippen molar-refractivity contribution in [3.05, 3.63) is 29.2 Å². The van der Waals surface area contributed by atoms with E-state index in [1.54, 1.807) is 19.1 Å². The number of halogens is 2. The van der Waals surface area contributed by atoms with Crippen LogP contribution in [0.15, 0.2) is 12.1 Å². The molecule has 5 nitrogen and oxygen atoms in total. The summed E-state index contributed by atoms with van der Waals surface area (Å²) in [6.45, 7) is 2.47. The van der Waals surface area contributed by atoms with Crippen molar-refractivity contribution < 1.29 is 18.7 Å². The number of methoxy groups -OCH3 is 1. The van der Waals surface area contributed by atoms with Crippen LogP contribution in [0.4, 0.5) is 4.39 Å². The summed E-state index contributed by atoms with van der Waals surface area (Å²) in [5.41, 5.74) is 1.62. The molecular weight excluding hydrogens is 323 g/mol. The average molecular weight is 345 g/mol. The molecule has 0 fully saturated rings. The van der Waals surface area contributed by atoms with Gasteiger partial charge in [-0.15, -0.1) is 12.4 Å². The molecule has 0 aliphatic heterocycles. The molecule has 0 N–H and O–H groups in total. The lowest BCUT2D eigenvalue weighted by atomic mass is 10.1. The van der Waals surface area contributed by atoms with E-state index >= 15 is 0 Å². The number of aromatic nitrogens is 1. The molecular formula is C16H22ClFN2O3.